The molecule has 3 aliphatic carbocycles. The van der Waals surface area contributed by atoms with E-state index in [9.17, 15) is 0 Å². The maximum Gasteiger partial charge on any atom is -0.0355 e. The molecule has 0 saturated heterocycles. The molecule has 2 bridgehead atoms. The lowest BCUT2D eigenvalue weighted by Crippen LogP contribution is -2.15. The zero-order chi connectivity index (χ0) is 6.55. The van der Waals surface area contributed by atoms with Crippen molar-refractivity contribution in [1.82, 2.24) is 0 Å². The molecule has 0 amide bonds. The Kier molecular flexibility index (Phi) is 1.00. The van der Waals surface area contributed by atoms with Crippen LogP contribution in [0.3, 0.4) is 0 Å². The highest BCUT2D eigenvalue weighted by Gasteiger charge is 2.48. The van der Waals surface area contributed by atoms with Crippen LogP contribution in [0.4, 0.5) is 0 Å². The molecule has 0 radical (unpaired) electrons. The van der Waals surface area contributed by atoms with Gasteiger partial charge in [-0.15, -0.1) is 0 Å². The maximum absolute atomic E-state index is 1.62. The summed E-state index contributed by atoms with van der Waals surface area (Å²) < 4.78 is 0. The summed E-state index contributed by atoms with van der Waals surface area (Å²) in [5.74, 6) is 4.80. The van der Waals surface area contributed by atoms with Gasteiger partial charge in [0.1, 0.15) is 0 Å². The summed E-state index contributed by atoms with van der Waals surface area (Å²) in [7, 11) is 0. The van der Waals surface area contributed by atoms with Crippen LogP contribution in [0.25, 0.3) is 0 Å². The number of fused-ring (bicyclic) bond motifs is 5. The molecule has 0 aliphatic heterocycles. The van der Waals surface area contributed by atoms with Crippen LogP contribution in [-0.2, 0) is 0 Å². The molecular formula is C10H16. The lowest BCUT2D eigenvalue weighted by Gasteiger charge is -2.23. The van der Waals surface area contributed by atoms with E-state index in [1.165, 1.54) is 23.7 Å². The predicted molar refractivity (Wildman–Crippen MR) is 41.7 cm³/mol. The van der Waals surface area contributed by atoms with Gasteiger partial charge in [0.15, 0.2) is 0 Å². The Hall–Kier alpha value is 0. The lowest BCUT2D eigenvalue weighted by atomic mass is 9.82. The normalized spacial score (nSPS) is 57.6. The third kappa shape index (κ3) is 0.538. The Labute approximate surface area is 63.0 Å². The van der Waals surface area contributed by atoms with Crippen LogP contribution in [0.5, 0.6) is 0 Å². The molecule has 0 N–H and O–H groups in total. The monoisotopic (exact) mass is 136 g/mol. The third-order valence-corrected chi connectivity index (χ3v) is 4.35. The Balaban J connectivity index is 1.92. The van der Waals surface area contributed by atoms with Gasteiger partial charge in [0, 0.05) is 0 Å². The number of rotatable bonds is 0. The molecule has 0 spiro atoms. The molecule has 4 atom stereocenters. The van der Waals surface area contributed by atoms with Crippen molar-refractivity contribution in [1.29, 1.82) is 0 Å². The highest BCUT2D eigenvalue weighted by Crippen LogP contribution is 2.58. The number of hydrogen-bond acceptors (Lipinski definition) is 0. The van der Waals surface area contributed by atoms with Crippen molar-refractivity contribution < 1.29 is 0 Å². The topological polar surface area (TPSA) is 0 Å². The highest BCUT2D eigenvalue weighted by molar-refractivity contribution is 4.98. The standard InChI is InChI=1S/C10H16/c1-2-9-7-4-5-8(6-7)10(9)3-1/h7-10H,1-6H2/t7-,8-,9-,10+/m0/s1. The fourth-order valence-corrected chi connectivity index (χ4v) is 4.02. The fraction of sp³-hybridized carbons (Fsp3) is 1.00. The lowest BCUT2D eigenvalue weighted by molar-refractivity contribution is 0.259. The van der Waals surface area contributed by atoms with Gasteiger partial charge in [-0.2, -0.15) is 0 Å². The summed E-state index contributed by atoms with van der Waals surface area (Å²) in [4.78, 5) is 0. The largest absolute Gasteiger partial charge is 0.0527 e. The second-order valence-electron chi connectivity index (χ2n) is 4.59. The second kappa shape index (κ2) is 1.78. The molecule has 3 rings (SSSR count). The second-order valence-corrected chi connectivity index (χ2v) is 4.59. The van der Waals surface area contributed by atoms with E-state index >= 15 is 0 Å². The van der Waals surface area contributed by atoms with E-state index in [0.29, 0.717) is 0 Å². The molecule has 0 heteroatoms. The van der Waals surface area contributed by atoms with E-state index in [0.717, 1.165) is 0 Å². The minimum absolute atomic E-state index is 1.19. The molecule has 0 aromatic rings. The molecule has 56 valence electrons. The Bertz CT molecular complexity index is 134. The fourth-order valence-electron chi connectivity index (χ4n) is 4.02. The summed E-state index contributed by atoms with van der Waals surface area (Å²) in [6, 6.07) is 0. The summed E-state index contributed by atoms with van der Waals surface area (Å²) in [6.07, 6.45) is 9.53. The number of hydrogen-bond donors (Lipinski definition) is 0. The molecule has 0 aromatic carbocycles. The summed E-state index contributed by atoms with van der Waals surface area (Å²) >= 11 is 0. The zero-order valence-corrected chi connectivity index (χ0v) is 6.55. The predicted octanol–water partition coefficient (Wildman–Crippen LogP) is 2.83. The van der Waals surface area contributed by atoms with Crippen LogP contribution in [-0.4, -0.2) is 0 Å². The van der Waals surface area contributed by atoms with E-state index in [2.05, 4.69) is 0 Å². The van der Waals surface area contributed by atoms with Crippen molar-refractivity contribution in [2.75, 3.05) is 0 Å². The van der Waals surface area contributed by atoms with E-state index in [4.69, 9.17) is 0 Å². The van der Waals surface area contributed by atoms with Crippen molar-refractivity contribution in [3.05, 3.63) is 0 Å². The molecule has 3 aliphatic rings. The van der Waals surface area contributed by atoms with E-state index < -0.39 is 0 Å². The Morgan fingerprint density at radius 2 is 1.30 bits per heavy atom. The van der Waals surface area contributed by atoms with Crippen LogP contribution < -0.4 is 0 Å². The first-order chi connectivity index (χ1) is 4.95. The minimum atomic E-state index is 1.19. The van der Waals surface area contributed by atoms with Crippen molar-refractivity contribution in [2.45, 2.75) is 38.5 Å². The van der Waals surface area contributed by atoms with Gasteiger partial charge in [0.25, 0.3) is 0 Å². The zero-order valence-electron chi connectivity index (χ0n) is 6.55. The quantitative estimate of drug-likeness (QED) is 0.480. The van der Waals surface area contributed by atoms with Gasteiger partial charge in [-0.3, -0.25) is 0 Å². The molecule has 0 heterocycles. The molecule has 10 heavy (non-hydrogen) atoms. The third-order valence-electron chi connectivity index (χ3n) is 4.35. The summed E-state index contributed by atoms with van der Waals surface area (Å²) in [5, 5.41) is 0. The Morgan fingerprint density at radius 3 is 1.90 bits per heavy atom. The maximum atomic E-state index is 1.62. The van der Waals surface area contributed by atoms with E-state index in [1.54, 1.807) is 38.5 Å². The molecular weight excluding hydrogens is 120 g/mol. The van der Waals surface area contributed by atoms with Gasteiger partial charge in [-0.05, 0) is 55.8 Å². The molecule has 3 saturated carbocycles. The van der Waals surface area contributed by atoms with Crippen molar-refractivity contribution in [2.24, 2.45) is 23.7 Å². The highest BCUT2D eigenvalue weighted by atomic mass is 14.5. The minimum Gasteiger partial charge on any atom is -0.0527 e. The van der Waals surface area contributed by atoms with Crippen LogP contribution in [0.1, 0.15) is 38.5 Å². The van der Waals surface area contributed by atoms with Crippen LogP contribution in [0, 0.1) is 23.7 Å². The van der Waals surface area contributed by atoms with E-state index in [1.807, 2.05) is 0 Å². The Morgan fingerprint density at radius 1 is 0.700 bits per heavy atom. The van der Waals surface area contributed by atoms with E-state index in [-0.39, 0.29) is 0 Å². The van der Waals surface area contributed by atoms with Gasteiger partial charge in [0.05, 0.1) is 0 Å². The van der Waals surface area contributed by atoms with Gasteiger partial charge in [-0.1, -0.05) is 6.42 Å². The first-order valence-corrected chi connectivity index (χ1v) is 4.95. The van der Waals surface area contributed by atoms with Crippen LogP contribution in [0.2, 0.25) is 0 Å². The summed E-state index contributed by atoms with van der Waals surface area (Å²) in [5.41, 5.74) is 0. The molecule has 0 nitrogen and oxygen atoms in total. The smallest absolute Gasteiger partial charge is 0.0355 e. The molecule has 0 unspecified atom stereocenters. The van der Waals surface area contributed by atoms with Crippen LogP contribution in [0.15, 0.2) is 0 Å². The van der Waals surface area contributed by atoms with Crippen molar-refractivity contribution in [3.63, 3.8) is 0 Å². The first-order valence-electron chi connectivity index (χ1n) is 4.95. The summed E-state index contributed by atoms with van der Waals surface area (Å²) in [6.45, 7) is 0. The average Bonchev–Trinajstić information content (AvgIpc) is 2.60. The average molecular weight is 136 g/mol. The van der Waals surface area contributed by atoms with Gasteiger partial charge in [-0.25, -0.2) is 0 Å². The van der Waals surface area contributed by atoms with Crippen LogP contribution >= 0.6 is 0 Å². The molecule has 0 aromatic heterocycles. The SMILES string of the molecule is C1C[C@@H]2[C@H]3CC[C@@H](C3)[C@@H]2C1. The van der Waals surface area contributed by atoms with Gasteiger partial charge in [0.2, 0.25) is 0 Å². The first kappa shape index (κ1) is 5.62. The van der Waals surface area contributed by atoms with Gasteiger partial charge >= 0.3 is 0 Å². The van der Waals surface area contributed by atoms with Crippen molar-refractivity contribution >= 4 is 0 Å². The van der Waals surface area contributed by atoms with Crippen molar-refractivity contribution in [3.8, 4) is 0 Å². The van der Waals surface area contributed by atoms with Gasteiger partial charge < -0.3 is 0 Å². The molecule has 3 fully saturated rings.